The van der Waals surface area contributed by atoms with E-state index < -0.39 is 0 Å². The first-order chi connectivity index (χ1) is 9.74. The Hall–Kier alpha value is -1.24. The van der Waals surface area contributed by atoms with Crippen molar-refractivity contribution in [2.45, 2.75) is 36.7 Å². The van der Waals surface area contributed by atoms with Crippen LogP contribution < -0.4 is 10.2 Å². The number of hydroxylamine groups is 1. The smallest absolute Gasteiger partial charge is 0.249 e. The first-order valence-electron chi connectivity index (χ1n) is 6.66. The maximum absolute atomic E-state index is 11.6. The van der Waals surface area contributed by atoms with Crippen molar-refractivity contribution in [3.8, 4) is 5.75 Å². The third kappa shape index (κ3) is 3.88. The van der Waals surface area contributed by atoms with Crippen LogP contribution in [-0.4, -0.2) is 24.3 Å². The van der Waals surface area contributed by atoms with E-state index in [9.17, 15) is 4.79 Å². The molecule has 1 amide bonds. The molecule has 2 unspecified atom stereocenters. The molecular weight excluding hydrogens is 278 g/mol. The average molecular weight is 297 g/mol. The first-order valence-corrected chi connectivity index (χ1v) is 7.40. The van der Waals surface area contributed by atoms with Crippen molar-refractivity contribution in [1.82, 2.24) is 5.48 Å². The average Bonchev–Trinajstić information content (AvgIpc) is 2.53. The molecule has 0 heterocycles. The molecule has 2 rings (SSSR count). The summed E-state index contributed by atoms with van der Waals surface area (Å²) >= 11 is 1.26. The lowest BCUT2D eigenvalue weighted by Gasteiger charge is -2.28. The van der Waals surface area contributed by atoms with Crippen LogP contribution in [0, 0.1) is 5.92 Å². The highest BCUT2D eigenvalue weighted by molar-refractivity contribution is 7.94. The molecular formula is C14H19NO4S. The standard InChI is InChI=1S/C14H19NO4S/c1-18-10-6-8-11(9-7-10)20-19-13-5-3-2-4-12(13)14(16)15-17/h6-9,12-13,17H,2-5H2,1H3,(H,15,16). The Balaban J connectivity index is 1.91. The minimum Gasteiger partial charge on any atom is -0.497 e. The molecule has 0 saturated heterocycles. The monoisotopic (exact) mass is 297 g/mol. The minimum absolute atomic E-state index is 0.164. The van der Waals surface area contributed by atoms with E-state index in [1.165, 1.54) is 12.0 Å². The molecule has 0 aromatic heterocycles. The van der Waals surface area contributed by atoms with Crippen LogP contribution >= 0.6 is 12.0 Å². The van der Waals surface area contributed by atoms with E-state index in [1.807, 2.05) is 24.3 Å². The molecule has 1 fully saturated rings. The quantitative estimate of drug-likeness (QED) is 0.497. The van der Waals surface area contributed by atoms with Gasteiger partial charge in [0, 0.05) is 16.9 Å². The summed E-state index contributed by atoms with van der Waals surface area (Å²) in [5.74, 6) is 0.161. The van der Waals surface area contributed by atoms with Gasteiger partial charge in [-0.2, -0.15) is 0 Å². The topological polar surface area (TPSA) is 67.8 Å². The van der Waals surface area contributed by atoms with E-state index >= 15 is 0 Å². The summed E-state index contributed by atoms with van der Waals surface area (Å²) in [6.45, 7) is 0. The van der Waals surface area contributed by atoms with Gasteiger partial charge in [0.25, 0.3) is 0 Å². The van der Waals surface area contributed by atoms with Crippen LogP contribution in [0.5, 0.6) is 5.75 Å². The SMILES string of the molecule is COc1ccc(SOC2CCCCC2C(=O)NO)cc1. The third-order valence-corrected chi connectivity index (χ3v) is 4.28. The Morgan fingerprint density at radius 2 is 2.00 bits per heavy atom. The number of methoxy groups -OCH3 is 1. The van der Waals surface area contributed by atoms with Gasteiger partial charge < -0.3 is 8.92 Å². The molecule has 5 nitrogen and oxygen atoms in total. The van der Waals surface area contributed by atoms with Gasteiger partial charge in [-0.1, -0.05) is 12.8 Å². The molecule has 110 valence electrons. The van der Waals surface area contributed by atoms with Crippen LogP contribution in [0.4, 0.5) is 0 Å². The van der Waals surface area contributed by atoms with Crippen molar-refractivity contribution >= 4 is 17.9 Å². The second-order valence-corrected chi connectivity index (χ2v) is 5.59. The number of ether oxygens (including phenoxy) is 1. The highest BCUT2D eigenvalue weighted by Crippen LogP contribution is 2.32. The van der Waals surface area contributed by atoms with Gasteiger partial charge in [0.1, 0.15) is 5.75 Å². The van der Waals surface area contributed by atoms with Gasteiger partial charge in [-0.15, -0.1) is 0 Å². The zero-order chi connectivity index (χ0) is 14.4. The molecule has 1 aromatic carbocycles. The Bertz CT molecular complexity index is 437. The first kappa shape index (κ1) is 15.2. The van der Waals surface area contributed by atoms with Gasteiger partial charge in [-0.05, 0) is 37.1 Å². The van der Waals surface area contributed by atoms with Gasteiger partial charge in [-0.25, -0.2) is 5.48 Å². The van der Waals surface area contributed by atoms with E-state index in [2.05, 4.69) is 0 Å². The summed E-state index contributed by atoms with van der Waals surface area (Å²) in [6, 6.07) is 7.55. The number of hydrogen-bond donors (Lipinski definition) is 2. The molecule has 20 heavy (non-hydrogen) atoms. The Labute approximate surface area is 122 Å². The summed E-state index contributed by atoms with van der Waals surface area (Å²) < 4.78 is 10.9. The van der Waals surface area contributed by atoms with E-state index in [-0.39, 0.29) is 17.9 Å². The Kier molecular flexibility index (Phi) is 5.70. The molecule has 2 N–H and O–H groups in total. The van der Waals surface area contributed by atoms with E-state index in [1.54, 1.807) is 12.6 Å². The van der Waals surface area contributed by atoms with Crippen molar-refractivity contribution in [3.63, 3.8) is 0 Å². The van der Waals surface area contributed by atoms with Gasteiger partial charge in [-0.3, -0.25) is 10.0 Å². The van der Waals surface area contributed by atoms with E-state index in [4.69, 9.17) is 14.1 Å². The number of benzene rings is 1. The summed E-state index contributed by atoms with van der Waals surface area (Å²) in [6.07, 6.45) is 3.46. The second kappa shape index (κ2) is 7.52. The normalized spacial score (nSPS) is 22.3. The summed E-state index contributed by atoms with van der Waals surface area (Å²) in [5, 5.41) is 8.77. The van der Waals surface area contributed by atoms with Crippen molar-refractivity contribution in [2.24, 2.45) is 5.92 Å². The summed E-state index contributed by atoms with van der Waals surface area (Å²) in [7, 11) is 1.62. The van der Waals surface area contributed by atoms with Crippen LogP contribution in [0.15, 0.2) is 29.2 Å². The van der Waals surface area contributed by atoms with Crippen LogP contribution in [0.1, 0.15) is 25.7 Å². The minimum atomic E-state index is -0.356. The number of hydrogen-bond acceptors (Lipinski definition) is 5. The zero-order valence-corrected chi connectivity index (χ0v) is 12.2. The van der Waals surface area contributed by atoms with Crippen LogP contribution in [-0.2, 0) is 8.98 Å². The lowest BCUT2D eigenvalue weighted by atomic mass is 9.86. The zero-order valence-electron chi connectivity index (χ0n) is 11.4. The molecule has 1 aliphatic rings. The predicted molar refractivity (Wildman–Crippen MR) is 75.6 cm³/mol. The van der Waals surface area contributed by atoms with E-state index in [0.717, 1.165) is 36.3 Å². The molecule has 2 atom stereocenters. The highest BCUT2D eigenvalue weighted by atomic mass is 32.2. The number of carbonyl (C=O) groups excluding carboxylic acids is 1. The second-order valence-electron chi connectivity index (χ2n) is 4.76. The maximum Gasteiger partial charge on any atom is 0.249 e. The van der Waals surface area contributed by atoms with Gasteiger partial charge in [0.15, 0.2) is 0 Å². The third-order valence-electron chi connectivity index (χ3n) is 3.48. The molecule has 1 aliphatic carbocycles. The Morgan fingerprint density at radius 3 is 2.65 bits per heavy atom. The molecule has 0 aliphatic heterocycles. The van der Waals surface area contributed by atoms with Crippen LogP contribution in [0.3, 0.4) is 0 Å². The lowest BCUT2D eigenvalue weighted by molar-refractivity contribution is -0.137. The van der Waals surface area contributed by atoms with Crippen molar-refractivity contribution in [2.75, 3.05) is 7.11 Å². The fourth-order valence-electron chi connectivity index (χ4n) is 2.34. The molecule has 6 heteroatoms. The molecule has 1 saturated carbocycles. The molecule has 1 aromatic rings. The number of amides is 1. The number of nitrogens with one attached hydrogen (secondary N) is 1. The maximum atomic E-state index is 11.6. The number of carbonyl (C=O) groups is 1. The highest BCUT2D eigenvalue weighted by Gasteiger charge is 2.32. The number of rotatable bonds is 5. The molecule has 0 radical (unpaired) electrons. The fourth-order valence-corrected chi connectivity index (χ4v) is 3.06. The largest absolute Gasteiger partial charge is 0.497 e. The van der Waals surface area contributed by atoms with Gasteiger partial charge in [0.05, 0.1) is 19.1 Å². The van der Waals surface area contributed by atoms with E-state index in [0.29, 0.717) is 0 Å². The fraction of sp³-hybridized carbons (Fsp3) is 0.500. The van der Waals surface area contributed by atoms with Crippen molar-refractivity contribution in [1.29, 1.82) is 0 Å². The molecule has 0 bridgehead atoms. The van der Waals surface area contributed by atoms with Crippen molar-refractivity contribution in [3.05, 3.63) is 24.3 Å². The summed E-state index contributed by atoms with van der Waals surface area (Å²) in [4.78, 5) is 12.6. The lowest BCUT2D eigenvalue weighted by Crippen LogP contribution is -2.38. The Morgan fingerprint density at radius 1 is 1.30 bits per heavy atom. The van der Waals surface area contributed by atoms with Crippen molar-refractivity contribution < 1.29 is 18.9 Å². The summed E-state index contributed by atoms with van der Waals surface area (Å²) in [5.41, 5.74) is 1.73. The van der Waals surface area contributed by atoms with Crippen LogP contribution in [0.2, 0.25) is 0 Å². The predicted octanol–water partition coefficient (Wildman–Crippen LogP) is 2.78. The van der Waals surface area contributed by atoms with Gasteiger partial charge in [0.2, 0.25) is 5.91 Å². The van der Waals surface area contributed by atoms with Gasteiger partial charge >= 0.3 is 0 Å². The molecule has 0 spiro atoms. The van der Waals surface area contributed by atoms with Crippen LogP contribution in [0.25, 0.3) is 0 Å².